The van der Waals surface area contributed by atoms with Crippen molar-refractivity contribution >= 4 is 12.1 Å². The first-order valence-corrected chi connectivity index (χ1v) is 2.56. The SMILES string of the molecule is CNC(=O)N=NC(=O)NC. The van der Waals surface area contributed by atoms with Crippen LogP contribution in [0.1, 0.15) is 0 Å². The van der Waals surface area contributed by atoms with Crippen LogP contribution in [0.4, 0.5) is 9.59 Å². The summed E-state index contributed by atoms with van der Waals surface area (Å²) >= 11 is 0. The molecule has 0 aliphatic rings. The molecule has 0 fully saturated rings. The summed E-state index contributed by atoms with van der Waals surface area (Å²) in [6.45, 7) is 0. The normalized spacial score (nSPS) is 9.40. The quantitative estimate of drug-likeness (QED) is 0.473. The van der Waals surface area contributed by atoms with Crippen LogP contribution in [-0.4, -0.2) is 26.2 Å². The van der Waals surface area contributed by atoms with Crippen LogP contribution in [0.5, 0.6) is 0 Å². The van der Waals surface area contributed by atoms with E-state index in [1.54, 1.807) is 0 Å². The van der Waals surface area contributed by atoms with Gasteiger partial charge in [0.1, 0.15) is 0 Å². The van der Waals surface area contributed by atoms with E-state index in [0.717, 1.165) is 0 Å². The van der Waals surface area contributed by atoms with E-state index in [-0.39, 0.29) is 0 Å². The van der Waals surface area contributed by atoms with Crippen molar-refractivity contribution < 1.29 is 9.59 Å². The first-order chi connectivity index (χ1) is 4.70. The fourth-order valence-electron chi connectivity index (χ4n) is 0.191. The Morgan fingerprint density at radius 3 is 1.50 bits per heavy atom. The van der Waals surface area contributed by atoms with Gasteiger partial charge in [0.2, 0.25) is 0 Å². The topological polar surface area (TPSA) is 82.9 Å². The lowest BCUT2D eigenvalue weighted by molar-refractivity contribution is 0.243. The molecule has 0 atom stereocenters. The monoisotopic (exact) mass is 144 g/mol. The predicted octanol–water partition coefficient (Wildman–Crippen LogP) is 0.117. The molecule has 0 aromatic rings. The molecular formula is C4H8N4O2. The van der Waals surface area contributed by atoms with E-state index in [2.05, 4.69) is 20.9 Å². The number of carbonyl (C=O) groups excluding carboxylic acids is 2. The average Bonchev–Trinajstić information content (AvgIpc) is 1.99. The van der Waals surface area contributed by atoms with Gasteiger partial charge in [-0.25, -0.2) is 9.59 Å². The second-order valence-corrected chi connectivity index (χ2v) is 1.31. The van der Waals surface area contributed by atoms with Gasteiger partial charge in [-0.15, -0.1) is 0 Å². The van der Waals surface area contributed by atoms with E-state index in [1.807, 2.05) is 0 Å². The zero-order valence-corrected chi connectivity index (χ0v) is 5.71. The van der Waals surface area contributed by atoms with Crippen molar-refractivity contribution in [1.82, 2.24) is 10.6 Å². The number of rotatable bonds is 0. The van der Waals surface area contributed by atoms with Crippen LogP contribution < -0.4 is 10.6 Å². The molecule has 2 N–H and O–H groups in total. The minimum Gasteiger partial charge on any atom is -0.338 e. The summed E-state index contributed by atoms with van der Waals surface area (Å²) in [5.41, 5.74) is 0. The van der Waals surface area contributed by atoms with E-state index in [1.165, 1.54) is 14.1 Å². The molecule has 0 aliphatic carbocycles. The van der Waals surface area contributed by atoms with Gasteiger partial charge < -0.3 is 10.6 Å². The Hall–Kier alpha value is -1.46. The van der Waals surface area contributed by atoms with E-state index < -0.39 is 12.1 Å². The predicted molar refractivity (Wildman–Crippen MR) is 33.8 cm³/mol. The van der Waals surface area contributed by atoms with E-state index in [0.29, 0.717) is 0 Å². The summed E-state index contributed by atoms with van der Waals surface area (Å²) in [5.74, 6) is 0. The first kappa shape index (κ1) is 8.54. The van der Waals surface area contributed by atoms with Crippen molar-refractivity contribution in [2.45, 2.75) is 0 Å². The van der Waals surface area contributed by atoms with Gasteiger partial charge in [0.05, 0.1) is 0 Å². The number of amides is 4. The number of nitrogens with zero attached hydrogens (tertiary/aromatic N) is 2. The molecule has 0 heterocycles. The van der Waals surface area contributed by atoms with Crippen LogP contribution in [0.15, 0.2) is 10.2 Å². The standard InChI is InChI=1S/C4H8N4O2/c1-5-3(9)7-8-4(10)6-2/h1-2H3,(H,5,9)(H,6,10). The van der Waals surface area contributed by atoms with Gasteiger partial charge >= 0.3 is 12.1 Å². The molecule has 6 nitrogen and oxygen atoms in total. The van der Waals surface area contributed by atoms with Gasteiger partial charge in [-0.1, -0.05) is 10.2 Å². The Labute approximate surface area is 57.7 Å². The first-order valence-electron chi connectivity index (χ1n) is 2.56. The molecule has 0 aromatic heterocycles. The molecule has 10 heavy (non-hydrogen) atoms. The van der Waals surface area contributed by atoms with Crippen LogP contribution in [-0.2, 0) is 0 Å². The zero-order chi connectivity index (χ0) is 7.98. The molecule has 0 aliphatic heterocycles. The summed E-state index contributed by atoms with van der Waals surface area (Å²) in [5, 5.41) is 10.3. The maximum absolute atomic E-state index is 10.3. The number of hydrogen-bond donors (Lipinski definition) is 2. The fraction of sp³-hybridized carbons (Fsp3) is 0.500. The van der Waals surface area contributed by atoms with Crippen LogP contribution in [0.3, 0.4) is 0 Å². The Balaban J connectivity index is 3.75. The third-order valence-electron chi connectivity index (χ3n) is 0.659. The number of azo groups is 1. The van der Waals surface area contributed by atoms with Crippen LogP contribution >= 0.6 is 0 Å². The summed E-state index contributed by atoms with van der Waals surface area (Å²) in [6.07, 6.45) is 0. The molecule has 6 heteroatoms. The Bertz CT molecular complexity index is 147. The van der Waals surface area contributed by atoms with Gasteiger partial charge in [-0.05, 0) is 0 Å². The lowest BCUT2D eigenvalue weighted by Crippen LogP contribution is -2.15. The number of nitrogens with one attached hydrogen (secondary N) is 2. The second kappa shape index (κ2) is 4.42. The highest BCUT2D eigenvalue weighted by molar-refractivity contribution is 5.79. The van der Waals surface area contributed by atoms with Crippen LogP contribution in [0.2, 0.25) is 0 Å². The number of urea groups is 2. The fourth-order valence-corrected chi connectivity index (χ4v) is 0.191. The Morgan fingerprint density at radius 2 is 1.30 bits per heavy atom. The van der Waals surface area contributed by atoms with Crippen LogP contribution in [0.25, 0.3) is 0 Å². The van der Waals surface area contributed by atoms with Gasteiger partial charge in [-0.2, -0.15) is 0 Å². The molecule has 0 radical (unpaired) electrons. The summed E-state index contributed by atoms with van der Waals surface area (Å²) in [6, 6.07) is -1.30. The van der Waals surface area contributed by atoms with Crippen molar-refractivity contribution in [2.75, 3.05) is 14.1 Å². The molecule has 4 amide bonds. The minimum atomic E-state index is -0.649. The third kappa shape index (κ3) is 3.53. The van der Waals surface area contributed by atoms with E-state index in [4.69, 9.17) is 0 Å². The highest BCUT2D eigenvalue weighted by atomic mass is 16.2. The smallest absolute Gasteiger partial charge is 0.338 e. The maximum atomic E-state index is 10.3. The number of carbonyl (C=O) groups is 2. The lowest BCUT2D eigenvalue weighted by Gasteiger charge is -1.87. The summed E-state index contributed by atoms with van der Waals surface area (Å²) < 4.78 is 0. The highest BCUT2D eigenvalue weighted by Crippen LogP contribution is 1.77. The minimum absolute atomic E-state index is 0.649. The molecule has 0 aromatic carbocycles. The van der Waals surface area contributed by atoms with Crippen molar-refractivity contribution in [2.24, 2.45) is 10.2 Å². The van der Waals surface area contributed by atoms with Gasteiger partial charge in [0.25, 0.3) is 0 Å². The Morgan fingerprint density at radius 1 is 1.00 bits per heavy atom. The lowest BCUT2D eigenvalue weighted by atomic mass is 11.0. The van der Waals surface area contributed by atoms with Crippen molar-refractivity contribution in [1.29, 1.82) is 0 Å². The zero-order valence-electron chi connectivity index (χ0n) is 5.71. The molecule has 0 bridgehead atoms. The summed E-state index contributed by atoms with van der Waals surface area (Å²) in [4.78, 5) is 20.6. The highest BCUT2D eigenvalue weighted by Gasteiger charge is 1.93. The molecule has 0 saturated heterocycles. The largest absolute Gasteiger partial charge is 0.359 e. The van der Waals surface area contributed by atoms with E-state index in [9.17, 15) is 9.59 Å². The maximum Gasteiger partial charge on any atom is 0.359 e. The summed E-state index contributed by atoms with van der Waals surface area (Å²) in [7, 11) is 2.79. The van der Waals surface area contributed by atoms with Crippen molar-refractivity contribution in [3.8, 4) is 0 Å². The molecular weight excluding hydrogens is 136 g/mol. The second-order valence-electron chi connectivity index (χ2n) is 1.31. The Kier molecular flexibility index (Phi) is 3.78. The van der Waals surface area contributed by atoms with Gasteiger partial charge in [-0.3, -0.25) is 0 Å². The van der Waals surface area contributed by atoms with Gasteiger partial charge in [0.15, 0.2) is 0 Å². The molecule has 0 rings (SSSR count). The molecule has 56 valence electrons. The average molecular weight is 144 g/mol. The van der Waals surface area contributed by atoms with Crippen molar-refractivity contribution in [3.05, 3.63) is 0 Å². The molecule has 0 unspecified atom stereocenters. The molecule has 0 saturated carbocycles. The van der Waals surface area contributed by atoms with Crippen molar-refractivity contribution in [3.63, 3.8) is 0 Å². The molecule has 0 spiro atoms. The van der Waals surface area contributed by atoms with E-state index >= 15 is 0 Å². The number of hydrogen-bond acceptors (Lipinski definition) is 2. The van der Waals surface area contributed by atoms with Gasteiger partial charge in [0, 0.05) is 14.1 Å². The van der Waals surface area contributed by atoms with Crippen LogP contribution in [0, 0.1) is 0 Å². The third-order valence-corrected chi connectivity index (χ3v) is 0.659.